The minimum Gasteiger partial charge on any atom is -0.207 e. The predicted molar refractivity (Wildman–Crippen MR) is 113 cm³/mol. The van der Waals surface area contributed by atoms with Gasteiger partial charge in [-0.15, -0.1) is 0 Å². The maximum Gasteiger partial charge on any atom is 0.241 e. The monoisotopic (exact) mass is 454 g/mol. The lowest BCUT2D eigenvalue weighted by molar-refractivity contribution is 0.539. The Kier molecular flexibility index (Phi) is 6.30. The normalized spacial score (nSPS) is 13.5. The Morgan fingerprint density at radius 1 is 0.893 bits per heavy atom. The molecule has 1 N–H and O–H groups in total. The summed E-state index contributed by atoms with van der Waals surface area (Å²) in [5, 5.41) is 9.88. The number of nitriles is 1. The average molecular weight is 455 g/mol. The Balaban J connectivity index is 2.04. The van der Waals surface area contributed by atoms with Crippen LogP contribution < -0.4 is 4.72 Å². The van der Waals surface area contributed by atoms with Crippen LogP contribution in [0.2, 0.25) is 0 Å². The summed E-state index contributed by atoms with van der Waals surface area (Å²) in [5.74, 6) is -0.678. The topological polar surface area (TPSA) is 70.0 Å². The number of aryl methyl sites for hydroxylation is 1. The molecule has 0 aliphatic rings. The number of rotatable bonds is 6. The van der Waals surface area contributed by atoms with Crippen molar-refractivity contribution in [2.24, 2.45) is 0 Å². The summed E-state index contributed by atoms with van der Waals surface area (Å²) in [6, 6.07) is 24.7. The molecular formula is C22H19BrN2O2S. The SMILES string of the molecule is Cc1ccc(S(=O)(=O)N[C@@H](c2ccc(Br)cc2)[C@H](C#N)c2ccccc2)cc1. The minimum atomic E-state index is -3.81. The summed E-state index contributed by atoms with van der Waals surface area (Å²) in [6.07, 6.45) is 0. The van der Waals surface area contributed by atoms with E-state index < -0.39 is 22.0 Å². The van der Waals surface area contributed by atoms with E-state index in [1.54, 1.807) is 24.3 Å². The Labute approximate surface area is 174 Å². The largest absolute Gasteiger partial charge is 0.241 e. The van der Waals surface area contributed by atoms with Crippen LogP contribution >= 0.6 is 15.9 Å². The fourth-order valence-corrected chi connectivity index (χ4v) is 4.45. The number of nitrogens with zero attached hydrogens (tertiary/aromatic N) is 1. The fraction of sp³-hybridized carbons (Fsp3) is 0.136. The minimum absolute atomic E-state index is 0.171. The molecule has 28 heavy (non-hydrogen) atoms. The van der Waals surface area contributed by atoms with Crippen molar-refractivity contribution >= 4 is 26.0 Å². The second-order valence-electron chi connectivity index (χ2n) is 6.48. The van der Waals surface area contributed by atoms with Gasteiger partial charge in [0.05, 0.1) is 22.9 Å². The van der Waals surface area contributed by atoms with E-state index in [-0.39, 0.29) is 4.90 Å². The molecule has 0 saturated heterocycles. The number of benzene rings is 3. The molecular weight excluding hydrogens is 436 g/mol. The van der Waals surface area contributed by atoms with Gasteiger partial charge in [0.25, 0.3) is 0 Å². The van der Waals surface area contributed by atoms with E-state index in [4.69, 9.17) is 0 Å². The van der Waals surface area contributed by atoms with E-state index >= 15 is 0 Å². The Morgan fingerprint density at radius 3 is 2.07 bits per heavy atom. The molecule has 3 aromatic carbocycles. The van der Waals surface area contributed by atoms with Crippen molar-refractivity contribution in [3.8, 4) is 6.07 Å². The van der Waals surface area contributed by atoms with Gasteiger partial charge in [0, 0.05) is 4.47 Å². The molecule has 2 atom stereocenters. The molecule has 0 bridgehead atoms. The van der Waals surface area contributed by atoms with Crippen molar-refractivity contribution in [1.82, 2.24) is 4.72 Å². The second-order valence-corrected chi connectivity index (χ2v) is 9.11. The standard InChI is InChI=1S/C22H19BrN2O2S/c1-16-7-13-20(14-8-16)28(26,27)25-22(18-9-11-19(23)12-10-18)21(15-24)17-5-3-2-4-6-17/h2-14,21-22,25H,1H3/t21-,22+/m1/s1. The van der Waals surface area contributed by atoms with E-state index in [0.717, 1.165) is 15.6 Å². The van der Waals surface area contributed by atoms with Crippen molar-refractivity contribution in [2.45, 2.75) is 23.8 Å². The highest BCUT2D eigenvalue weighted by Crippen LogP contribution is 2.32. The molecule has 0 aliphatic carbocycles. The second kappa shape index (κ2) is 8.70. The van der Waals surface area contributed by atoms with Gasteiger partial charge in [-0.1, -0.05) is 76.1 Å². The first kappa shape index (κ1) is 20.3. The molecule has 0 aliphatic heterocycles. The van der Waals surface area contributed by atoms with E-state index in [0.29, 0.717) is 5.56 Å². The number of sulfonamides is 1. The summed E-state index contributed by atoms with van der Waals surface area (Å²) >= 11 is 3.39. The summed E-state index contributed by atoms with van der Waals surface area (Å²) in [7, 11) is -3.81. The van der Waals surface area contributed by atoms with E-state index in [9.17, 15) is 13.7 Å². The third-order valence-electron chi connectivity index (χ3n) is 4.47. The summed E-state index contributed by atoms with van der Waals surface area (Å²) in [4.78, 5) is 0.171. The predicted octanol–water partition coefficient (Wildman–Crippen LogP) is 5.08. The maximum atomic E-state index is 13.0. The lowest BCUT2D eigenvalue weighted by Gasteiger charge is -2.24. The van der Waals surface area contributed by atoms with Gasteiger partial charge in [0.1, 0.15) is 0 Å². The molecule has 0 heterocycles. The third-order valence-corrected chi connectivity index (χ3v) is 6.46. The summed E-state index contributed by atoms with van der Waals surface area (Å²) in [6.45, 7) is 1.90. The number of halogens is 1. The number of hydrogen-bond acceptors (Lipinski definition) is 3. The smallest absolute Gasteiger partial charge is 0.207 e. The summed E-state index contributed by atoms with van der Waals surface area (Å²) < 4.78 is 29.7. The van der Waals surface area contributed by atoms with Gasteiger partial charge < -0.3 is 0 Å². The van der Waals surface area contributed by atoms with Gasteiger partial charge >= 0.3 is 0 Å². The Hall–Kier alpha value is -2.46. The van der Waals surface area contributed by atoms with Crippen LogP contribution in [0.15, 0.2) is 88.2 Å². The van der Waals surface area contributed by atoms with Crippen LogP contribution in [0.3, 0.4) is 0 Å². The lowest BCUT2D eigenvalue weighted by Crippen LogP contribution is -2.32. The molecule has 0 amide bonds. The molecule has 0 spiro atoms. The van der Waals surface area contributed by atoms with Gasteiger partial charge in [-0.25, -0.2) is 13.1 Å². The van der Waals surface area contributed by atoms with Gasteiger partial charge in [0.2, 0.25) is 10.0 Å². The third kappa shape index (κ3) is 4.68. The molecule has 0 aromatic heterocycles. The van der Waals surface area contributed by atoms with Gasteiger partial charge in [0.15, 0.2) is 0 Å². The summed E-state index contributed by atoms with van der Waals surface area (Å²) in [5.41, 5.74) is 2.45. The zero-order valence-electron chi connectivity index (χ0n) is 15.2. The fourth-order valence-electron chi connectivity index (χ4n) is 2.95. The molecule has 0 radical (unpaired) electrons. The quantitative estimate of drug-likeness (QED) is 0.563. The van der Waals surface area contributed by atoms with Crippen LogP contribution in [0, 0.1) is 18.3 Å². The van der Waals surface area contributed by atoms with E-state index in [2.05, 4.69) is 26.7 Å². The lowest BCUT2D eigenvalue weighted by atomic mass is 9.89. The Bertz CT molecular complexity index is 1070. The first-order valence-corrected chi connectivity index (χ1v) is 11.0. The Morgan fingerprint density at radius 2 is 1.50 bits per heavy atom. The van der Waals surface area contributed by atoms with Crippen LogP contribution in [0.5, 0.6) is 0 Å². The van der Waals surface area contributed by atoms with Gasteiger partial charge in [-0.3, -0.25) is 0 Å². The zero-order chi connectivity index (χ0) is 20.1. The molecule has 3 rings (SSSR count). The first-order valence-electron chi connectivity index (χ1n) is 8.70. The number of hydrogen-bond donors (Lipinski definition) is 1. The van der Waals surface area contributed by atoms with Gasteiger partial charge in [-0.05, 0) is 42.3 Å². The van der Waals surface area contributed by atoms with Gasteiger partial charge in [-0.2, -0.15) is 5.26 Å². The van der Waals surface area contributed by atoms with Crippen molar-refractivity contribution < 1.29 is 8.42 Å². The maximum absolute atomic E-state index is 13.0. The van der Waals surface area contributed by atoms with Crippen molar-refractivity contribution in [1.29, 1.82) is 5.26 Å². The molecule has 6 heteroatoms. The molecule has 0 fully saturated rings. The first-order chi connectivity index (χ1) is 13.4. The van der Waals surface area contributed by atoms with Crippen molar-refractivity contribution in [3.05, 3.63) is 100 Å². The van der Waals surface area contributed by atoms with Crippen LogP contribution in [-0.2, 0) is 10.0 Å². The molecule has 0 saturated carbocycles. The van der Waals surface area contributed by atoms with E-state index in [1.165, 1.54) is 0 Å². The van der Waals surface area contributed by atoms with E-state index in [1.807, 2.05) is 61.5 Å². The van der Waals surface area contributed by atoms with Crippen LogP contribution in [-0.4, -0.2) is 8.42 Å². The highest BCUT2D eigenvalue weighted by Gasteiger charge is 2.29. The highest BCUT2D eigenvalue weighted by atomic mass is 79.9. The van der Waals surface area contributed by atoms with Crippen molar-refractivity contribution in [3.63, 3.8) is 0 Å². The van der Waals surface area contributed by atoms with Crippen molar-refractivity contribution in [2.75, 3.05) is 0 Å². The van der Waals surface area contributed by atoms with Crippen LogP contribution in [0.1, 0.15) is 28.7 Å². The number of nitrogens with one attached hydrogen (secondary N) is 1. The highest BCUT2D eigenvalue weighted by molar-refractivity contribution is 9.10. The molecule has 3 aromatic rings. The zero-order valence-corrected chi connectivity index (χ0v) is 17.6. The van der Waals surface area contributed by atoms with Crippen LogP contribution in [0.25, 0.3) is 0 Å². The molecule has 0 unspecified atom stereocenters. The molecule has 142 valence electrons. The average Bonchev–Trinajstić information content (AvgIpc) is 2.69. The van der Waals surface area contributed by atoms with Crippen LogP contribution in [0.4, 0.5) is 0 Å². The molecule has 4 nitrogen and oxygen atoms in total.